The number of hydrogen-bond donors (Lipinski definition) is 1. The smallest absolute Gasteiger partial charge is 0.261 e. The van der Waals surface area contributed by atoms with Crippen LogP contribution in [-0.4, -0.2) is 64.4 Å². The number of aryl methyl sites for hydroxylation is 2. The molecule has 1 aliphatic rings. The zero-order valence-electron chi connectivity index (χ0n) is 27.8. The van der Waals surface area contributed by atoms with Crippen molar-refractivity contribution < 1.29 is 23.8 Å². The summed E-state index contributed by atoms with van der Waals surface area (Å²) in [4.78, 5) is 27.5. The topological polar surface area (TPSA) is 120 Å². The van der Waals surface area contributed by atoms with Gasteiger partial charge in [-0.2, -0.15) is 5.10 Å². The fourth-order valence-electron chi connectivity index (χ4n) is 5.67. The van der Waals surface area contributed by atoms with Crippen LogP contribution in [0.15, 0.2) is 88.4 Å². The van der Waals surface area contributed by atoms with Crippen molar-refractivity contribution in [3.05, 3.63) is 111 Å². The van der Waals surface area contributed by atoms with E-state index in [2.05, 4.69) is 15.5 Å². The molecule has 1 atom stereocenters. The van der Waals surface area contributed by atoms with E-state index in [-0.39, 0.29) is 24.1 Å². The molecule has 5 aromatic rings. The zero-order chi connectivity index (χ0) is 34.5. The molecule has 6 rings (SSSR count). The highest BCUT2D eigenvalue weighted by Crippen LogP contribution is 2.42. The molecule has 1 N–H and O–H groups in total. The molecule has 0 bridgehead atoms. The Bertz CT molecular complexity index is 1990. The van der Waals surface area contributed by atoms with Gasteiger partial charge in [-0.3, -0.25) is 14.2 Å². The largest absolute Gasteiger partial charge is 0.497 e. The fraction of sp³-hybridized carbons (Fsp3) is 0.250. The third-order valence-electron chi connectivity index (χ3n) is 8.16. The van der Waals surface area contributed by atoms with Gasteiger partial charge in [0.05, 0.1) is 55.9 Å². The number of aromatic nitrogens is 3. The molecule has 0 spiro atoms. The van der Waals surface area contributed by atoms with Crippen LogP contribution in [0.3, 0.4) is 0 Å². The standard InChI is InChI=1S/C36H36N6O5S2/c1-22-11-12-23(2)28(18-22)41-32(20-37-35(44)31-10-7-17-48-31)38-39-36(41)49-21-33(43)42-29(26-8-6-9-30(46-4)34(26)47-5)19-27(40-42)24-13-15-25(45-3)16-14-24/h6-18,29H,19-21H2,1-5H3,(H,37,44)/t29-/m0/s1. The minimum Gasteiger partial charge on any atom is -0.497 e. The van der Waals surface area contributed by atoms with Gasteiger partial charge in [-0.1, -0.05) is 42.1 Å². The first kappa shape index (κ1) is 33.7. The number of ether oxygens (including phenoxy) is 3. The molecule has 2 aromatic heterocycles. The Morgan fingerprint density at radius 2 is 1.78 bits per heavy atom. The van der Waals surface area contributed by atoms with Gasteiger partial charge in [0.2, 0.25) is 0 Å². The monoisotopic (exact) mass is 696 g/mol. The lowest BCUT2D eigenvalue weighted by molar-refractivity contribution is -0.130. The van der Waals surface area contributed by atoms with Crippen molar-refractivity contribution in [3.8, 4) is 22.9 Å². The average molecular weight is 697 g/mol. The van der Waals surface area contributed by atoms with Crippen LogP contribution < -0.4 is 19.5 Å². The third-order valence-corrected chi connectivity index (χ3v) is 9.95. The Morgan fingerprint density at radius 1 is 0.959 bits per heavy atom. The first-order chi connectivity index (χ1) is 23.8. The van der Waals surface area contributed by atoms with Crippen molar-refractivity contribution in [1.82, 2.24) is 25.1 Å². The third kappa shape index (κ3) is 7.18. The van der Waals surface area contributed by atoms with Crippen LogP contribution in [-0.2, 0) is 11.3 Å². The molecule has 0 unspecified atom stereocenters. The molecule has 0 aliphatic carbocycles. The average Bonchev–Trinajstić information content (AvgIpc) is 3.91. The summed E-state index contributed by atoms with van der Waals surface area (Å²) in [5.41, 5.74) is 5.37. The van der Waals surface area contributed by atoms with Gasteiger partial charge in [-0.25, -0.2) is 5.01 Å². The molecule has 252 valence electrons. The summed E-state index contributed by atoms with van der Waals surface area (Å²) in [7, 11) is 4.80. The molecular weight excluding hydrogens is 661 g/mol. The normalized spacial score (nSPS) is 14.0. The lowest BCUT2D eigenvalue weighted by Crippen LogP contribution is -2.29. The maximum atomic E-state index is 14.1. The lowest BCUT2D eigenvalue weighted by Gasteiger charge is -2.24. The van der Waals surface area contributed by atoms with Gasteiger partial charge < -0.3 is 19.5 Å². The van der Waals surface area contributed by atoms with Gasteiger partial charge in [-0.05, 0) is 78.4 Å². The van der Waals surface area contributed by atoms with Gasteiger partial charge in [0, 0.05) is 12.0 Å². The van der Waals surface area contributed by atoms with Gasteiger partial charge in [0.25, 0.3) is 11.8 Å². The number of hydrogen-bond acceptors (Lipinski definition) is 10. The first-order valence-corrected chi connectivity index (χ1v) is 17.4. The highest BCUT2D eigenvalue weighted by Gasteiger charge is 2.36. The van der Waals surface area contributed by atoms with Crippen molar-refractivity contribution in [2.75, 3.05) is 27.1 Å². The molecule has 0 saturated heterocycles. The van der Waals surface area contributed by atoms with Crippen molar-refractivity contribution in [2.45, 2.75) is 38.0 Å². The predicted molar refractivity (Wildman–Crippen MR) is 190 cm³/mol. The van der Waals surface area contributed by atoms with Gasteiger partial charge in [0.15, 0.2) is 22.5 Å². The maximum absolute atomic E-state index is 14.1. The summed E-state index contributed by atoms with van der Waals surface area (Å²) in [6.45, 7) is 4.18. The summed E-state index contributed by atoms with van der Waals surface area (Å²) < 4.78 is 18.6. The van der Waals surface area contributed by atoms with Crippen LogP contribution >= 0.6 is 23.1 Å². The van der Waals surface area contributed by atoms with Crippen molar-refractivity contribution >= 4 is 40.6 Å². The molecule has 3 heterocycles. The van der Waals surface area contributed by atoms with Crippen LogP contribution in [0.25, 0.3) is 5.69 Å². The van der Waals surface area contributed by atoms with E-state index in [0.29, 0.717) is 33.8 Å². The summed E-state index contributed by atoms with van der Waals surface area (Å²) in [6.07, 6.45) is 0.471. The highest BCUT2D eigenvalue weighted by molar-refractivity contribution is 7.99. The molecule has 1 aliphatic heterocycles. The fourth-order valence-corrected chi connectivity index (χ4v) is 7.13. The van der Waals surface area contributed by atoms with E-state index < -0.39 is 6.04 Å². The van der Waals surface area contributed by atoms with Crippen molar-refractivity contribution in [3.63, 3.8) is 0 Å². The molecule has 49 heavy (non-hydrogen) atoms. The summed E-state index contributed by atoms with van der Waals surface area (Å²) >= 11 is 2.64. The second kappa shape index (κ2) is 15.0. The second-order valence-electron chi connectivity index (χ2n) is 11.3. The van der Waals surface area contributed by atoms with E-state index in [1.165, 1.54) is 28.1 Å². The number of nitrogens with zero attached hydrogens (tertiary/aromatic N) is 5. The SMILES string of the molecule is COc1ccc(C2=NN(C(=O)CSc3nnc(CNC(=O)c4cccs4)n3-c3cc(C)ccc3C)[C@H](c3cccc(OC)c3OC)C2)cc1. The molecule has 0 fully saturated rings. The second-order valence-corrected chi connectivity index (χ2v) is 13.2. The Balaban J connectivity index is 1.30. The Labute approximate surface area is 292 Å². The molecule has 11 nitrogen and oxygen atoms in total. The number of methoxy groups -OCH3 is 3. The first-order valence-electron chi connectivity index (χ1n) is 15.5. The molecule has 13 heteroatoms. The Hall–Kier alpha value is -5.14. The number of carbonyl (C=O) groups is 2. The van der Waals surface area contributed by atoms with Crippen molar-refractivity contribution in [1.29, 1.82) is 0 Å². The molecule has 3 aromatic carbocycles. The number of rotatable bonds is 12. The summed E-state index contributed by atoms with van der Waals surface area (Å²) in [5.74, 6) is 2.03. The van der Waals surface area contributed by atoms with E-state index in [1.54, 1.807) is 27.4 Å². The zero-order valence-corrected chi connectivity index (χ0v) is 29.4. The Kier molecular flexibility index (Phi) is 10.3. The molecule has 0 radical (unpaired) electrons. The number of nitrogens with one attached hydrogen (secondary N) is 1. The number of hydrazone groups is 1. The van der Waals surface area contributed by atoms with Gasteiger partial charge in [0.1, 0.15) is 5.75 Å². The van der Waals surface area contributed by atoms with Gasteiger partial charge >= 0.3 is 0 Å². The van der Waals surface area contributed by atoms with Crippen LogP contribution in [0.4, 0.5) is 0 Å². The number of thiophene rings is 1. The van der Waals surface area contributed by atoms with Crippen LogP contribution in [0.2, 0.25) is 0 Å². The van der Waals surface area contributed by atoms with Crippen LogP contribution in [0, 0.1) is 13.8 Å². The summed E-state index contributed by atoms with van der Waals surface area (Å²) in [6, 6.07) is 22.6. The van der Waals surface area contributed by atoms with E-state index in [9.17, 15) is 9.59 Å². The van der Waals surface area contributed by atoms with E-state index >= 15 is 0 Å². The Morgan fingerprint density at radius 3 is 2.49 bits per heavy atom. The van der Waals surface area contributed by atoms with E-state index in [0.717, 1.165) is 39.4 Å². The summed E-state index contributed by atoms with van der Waals surface area (Å²) in [5, 5.41) is 20.7. The number of thioether (sulfide) groups is 1. The number of carbonyl (C=O) groups excluding carboxylic acids is 2. The maximum Gasteiger partial charge on any atom is 0.261 e. The molecule has 2 amide bonds. The molecular formula is C36H36N6O5S2. The highest BCUT2D eigenvalue weighted by atomic mass is 32.2. The number of para-hydroxylation sites is 1. The quantitative estimate of drug-likeness (QED) is 0.150. The minimum atomic E-state index is -0.435. The van der Waals surface area contributed by atoms with Crippen LogP contribution in [0.1, 0.15) is 50.2 Å². The van der Waals surface area contributed by atoms with Crippen LogP contribution in [0.5, 0.6) is 17.2 Å². The number of amides is 2. The minimum absolute atomic E-state index is 0.0345. The lowest BCUT2D eigenvalue weighted by atomic mass is 9.97. The molecule has 0 saturated carbocycles. The number of benzene rings is 3. The van der Waals surface area contributed by atoms with Crippen molar-refractivity contribution in [2.24, 2.45) is 5.10 Å². The predicted octanol–water partition coefficient (Wildman–Crippen LogP) is 6.37. The van der Waals surface area contributed by atoms with E-state index in [1.807, 2.05) is 90.5 Å². The van der Waals surface area contributed by atoms with E-state index in [4.69, 9.17) is 19.3 Å². The van der Waals surface area contributed by atoms with Gasteiger partial charge in [-0.15, -0.1) is 21.5 Å².